The zero-order valence-electron chi connectivity index (χ0n) is 22.3. The van der Waals surface area contributed by atoms with Gasteiger partial charge in [0.25, 0.3) is 5.91 Å². The van der Waals surface area contributed by atoms with Crippen molar-refractivity contribution in [2.24, 2.45) is 0 Å². The maximum Gasteiger partial charge on any atom is 0.573 e. The topological polar surface area (TPSA) is 97.4 Å². The number of methoxy groups -OCH3 is 4. The minimum Gasteiger partial charge on any atom is -0.493 e. The molecule has 0 atom stereocenters. The molecule has 4 aromatic rings. The van der Waals surface area contributed by atoms with Crippen LogP contribution in [-0.4, -0.2) is 52.3 Å². The molecule has 0 bridgehead atoms. The second-order valence-electron chi connectivity index (χ2n) is 8.24. The lowest BCUT2D eigenvalue weighted by atomic mass is 10.1. The molecule has 0 aliphatic carbocycles. The predicted molar refractivity (Wildman–Crippen MR) is 148 cm³/mol. The van der Waals surface area contributed by atoms with Crippen molar-refractivity contribution >= 4 is 44.7 Å². The number of hydrogen-bond donors (Lipinski definition) is 1. The first-order valence-corrected chi connectivity index (χ1v) is 12.7. The first-order valence-electron chi connectivity index (χ1n) is 11.9. The van der Waals surface area contributed by atoms with Crippen molar-refractivity contribution < 1.29 is 46.4 Å². The number of fused-ring (bicyclic) bond motifs is 1. The van der Waals surface area contributed by atoms with Crippen LogP contribution in [0.25, 0.3) is 22.4 Å². The van der Waals surface area contributed by atoms with Gasteiger partial charge in [-0.05, 0) is 47.5 Å². The Bertz CT molecular complexity index is 1550. The number of ether oxygens (including phenoxy) is 6. The maximum absolute atomic E-state index is 12.6. The van der Waals surface area contributed by atoms with E-state index in [2.05, 4.69) is 15.0 Å². The number of aromatic nitrogens is 1. The zero-order chi connectivity index (χ0) is 29.6. The Morgan fingerprint density at radius 2 is 1.51 bits per heavy atom. The highest BCUT2D eigenvalue weighted by molar-refractivity contribution is 7.22. The average molecular weight is 591 g/mol. The molecule has 13 heteroatoms. The first kappa shape index (κ1) is 29.3. The van der Waals surface area contributed by atoms with Crippen molar-refractivity contribution in [2.75, 3.05) is 40.4 Å². The molecular weight excluding hydrogens is 565 g/mol. The summed E-state index contributed by atoms with van der Waals surface area (Å²) >= 11 is 1.10. The molecule has 0 aliphatic heterocycles. The number of nitrogens with one attached hydrogen (secondary N) is 1. The number of hydrogen-bond acceptors (Lipinski definition) is 9. The van der Waals surface area contributed by atoms with Gasteiger partial charge < -0.3 is 28.4 Å². The van der Waals surface area contributed by atoms with Gasteiger partial charge in [-0.25, -0.2) is 4.98 Å². The third-order valence-corrected chi connectivity index (χ3v) is 6.49. The lowest BCUT2D eigenvalue weighted by molar-refractivity contribution is -0.274. The highest BCUT2D eigenvalue weighted by Gasteiger charge is 2.31. The van der Waals surface area contributed by atoms with E-state index < -0.39 is 18.0 Å². The van der Waals surface area contributed by atoms with Crippen LogP contribution < -0.4 is 33.7 Å². The van der Waals surface area contributed by atoms with Crippen LogP contribution in [0.2, 0.25) is 0 Å². The van der Waals surface area contributed by atoms with Gasteiger partial charge in [0.05, 0.1) is 38.7 Å². The van der Waals surface area contributed by atoms with Gasteiger partial charge >= 0.3 is 6.36 Å². The summed E-state index contributed by atoms with van der Waals surface area (Å²) in [5.41, 5.74) is 1.81. The summed E-state index contributed by atoms with van der Waals surface area (Å²) in [6, 6.07) is 12.6. The van der Waals surface area contributed by atoms with Crippen LogP contribution in [0.3, 0.4) is 0 Å². The van der Waals surface area contributed by atoms with Gasteiger partial charge in [-0.2, -0.15) is 0 Å². The van der Waals surface area contributed by atoms with E-state index in [0.717, 1.165) is 28.5 Å². The molecule has 9 nitrogen and oxygen atoms in total. The van der Waals surface area contributed by atoms with Crippen molar-refractivity contribution in [1.82, 2.24) is 4.98 Å². The second kappa shape index (κ2) is 12.7. The number of rotatable bonds is 11. The molecule has 0 saturated heterocycles. The van der Waals surface area contributed by atoms with Crippen LogP contribution in [0, 0.1) is 0 Å². The molecule has 1 amide bonds. The van der Waals surface area contributed by atoms with E-state index in [1.807, 2.05) is 18.2 Å². The van der Waals surface area contributed by atoms with Crippen LogP contribution in [0.1, 0.15) is 11.1 Å². The van der Waals surface area contributed by atoms with E-state index in [1.165, 1.54) is 40.6 Å². The van der Waals surface area contributed by atoms with E-state index >= 15 is 0 Å². The van der Waals surface area contributed by atoms with Gasteiger partial charge in [0, 0.05) is 6.07 Å². The average Bonchev–Trinajstić information content (AvgIpc) is 3.34. The summed E-state index contributed by atoms with van der Waals surface area (Å²) in [5, 5.41) is 2.79. The number of anilines is 1. The SMILES string of the molecule is COc1ccc(C=Cc2cc(OC)c(OC)c(OC)c2)cc1OCC(=O)Nc1nc2cc(OC(F)(F)F)ccc2s1. The van der Waals surface area contributed by atoms with Gasteiger partial charge in [0.1, 0.15) is 5.75 Å². The number of thiazole rings is 1. The molecule has 0 spiro atoms. The molecular formula is C28H25F3N2O7S. The van der Waals surface area contributed by atoms with Crippen molar-refractivity contribution in [3.63, 3.8) is 0 Å². The fourth-order valence-electron chi connectivity index (χ4n) is 3.76. The third kappa shape index (κ3) is 7.51. The number of alkyl halides is 3. The Balaban J connectivity index is 1.44. The van der Waals surface area contributed by atoms with Gasteiger partial charge in [-0.3, -0.25) is 10.1 Å². The quantitative estimate of drug-likeness (QED) is 0.200. The summed E-state index contributed by atoms with van der Waals surface area (Å²) in [6.45, 7) is -0.366. The van der Waals surface area contributed by atoms with Crippen molar-refractivity contribution in [1.29, 1.82) is 0 Å². The Hall–Kier alpha value is -4.65. The molecule has 1 N–H and O–H groups in total. The lowest BCUT2D eigenvalue weighted by Crippen LogP contribution is -2.20. The van der Waals surface area contributed by atoms with Crippen molar-refractivity contribution in [3.05, 3.63) is 59.7 Å². The van der Waals surface area contributed by atoms with E-state index in [9.17, 15) is 18.0 Å². The minimum absolute atomic E-state index is 0.201. The summed E-state index contributed by atoms with van der Waals surface area (Å²) in [4.78, 5) is 16.7. The minimum atomic E-state index is -4.82. The molecule has 0 saturated carbocycles. The number of nitrogens with zero attached hydrogens (tertiary/aromatic N) is 1. The second-order valence-corrected chi connectivity index (χ2v) is 9.27. The van der Waals surface area contributed by atoms with Gasteiger partial charge in [-0.15, -0.1) is 13.2 Å². The van der Waals surface area contributed by atoms with Crippen LogP contribution in [0.15, 0.2) is 48.5 Å². The molecule has 1 heterocycles. The first-order chi connectivity index (χ1) is 19.6. The number of benzene rings is 3. The Morgan fingerprint density at radius 3 is 2.15 bits per heavy atom. The highest BCUT2D eigenvalue weighted by Crippen LogP contribution is 2.39. The van der Waals surface area contributed by atoms with Gasteiger partial charge in [0.2, 0.25) is 5.75 Å². The third-order valence-electron chi connectivity index (χ3n) is 5.54. The summed E-state index contributed by atoms with van der Waals surface area (Å²) < 4.78 is 69.2. The van der Waals surface area contributed by atoms with Crippen LogP contribution in [0.4, 0.5) is 18.3 Å². The Kier molecular flexibility index (Phi) is 9.07. The molecule has 0 fully saturated rings. The lowest BCUT2D eigenvalue weighted by Gasteiger charge is -2.13. The fourth-order valence-corrected chi connectivity index (χ4v) is 4.62. The predicted octanol–water partition coefficient (Wildman–Crippen LogP) is 6.42. The normalized spacial score (nSPS) is 11.4. The van der Waals surface area contributed by atoms with Crippen molar-refractivity contribution in [3.8, 4) is 34.5 Å². The van der Waals surface area contributed by atoms with Crippen LogP contribution in [-0.2, 0) is 4.79 Å². The van der Waals surface area contributed by atoms with Crippen LogP contribution in [0.5, 0.6) is 34.5 Å². The monoisotopic (exact) mass is 590 g/mol. The number of halogens is 3. The molecule has 0 unspecified atom stereocenters. The van der Waals surface area contributed by atoms with E-state index in [0.29, 0.717) is 33.4 Å². The molecule has 0 aliphatic rings. The number of carbonyl (C=O) groups excluding carboxylic acids is 1. The molecule has 0 radical (unpaired) electrons. The molecule has 3 aromatic carbocycles. The molecule has 1 aromatic heterocycles. The smallest absolute Gasteiger partial charge is 0.493 e. The van der Waals surface area contributed by atoms with Crippen molar-refractivity contribution in [2.45, 2.75) is 6.36 Å². The van der Waals surface area contributed by atoms with Crippen LogP contribution >= 0.6 is 11.3 Å². The summed E-state index contributed by atoms with van der Waals surface area (Å²) in [5.74, 6) is 1.34. The molecule has 41 heavy (non-hydrogen) atoms. The Morgan fingerprint density at radius 1 is 0.854 bits per heavy atom. The summed E-state index contributed by atoms with van der Waals surface area (Å²) in [6.07, 6.45) is -1.13. The Labute approximate surface area is 237 Å². The molecule has 216 valence electrons. The number of carbonyl (C=O) groups is 1. The maximum atomic E-state index is 12.6. The van der Waals surface area contributed by atoms with E-state index in [4.69, 9.17) is 23.7 Å². The van der Waals surface area contributed by atoms with E-state index in [-0.39, 0.29) is 17.3 Å². The largest absolute Gasteiger partial charge is 0.573 e. The number of amides is 1. The zero-order valence-corrected chi connectivity index (χ0v) is 23.1. The van der Waals surface area contributed by atoms with Gasteiger partial charge in [-0.1, -0.05) is 29.6 Å². The standard InChI is InChI=1S/C28H25F3N2O7S/c1-35-20-9-7-16(5-6-17-12-22(36-2)26(38-4)23(13-17)37-3)11-21(20)39-15-25(34)33-27-32-19-14-18(40-28(29,30)31)8-10-24(19)41-27/h5-14H,15H2,1-4H3,(H,32,33,34). The summed E-state index contributed by atoms with van der Waals surface area (Å²) in [7, 11) is 6.08. The van der Waals surface area contributed by atoms with Gasteiger partial charge in [0.15, 0.2) is 34.7 Å². The highest BCUT2D eigenvalue weighted by atomic mass is 32.1. The fraction of sp³-hybridized carbons (Fsp3) is 0.214. The van der Waals surface area contributed by atoms with E-state index in [1.54, 1.807) is 24.3 Å². The molecule has 4 rings (SSSR count).